The Morgan fingerprint density at radius 2 is 1.60 bits per heavy atom. The van der Waals surface area contributed by atoms with Crippen LogP contribution >= 0.6 is 0 Å². The molecule has 1 aliphatic carbocycles. The fourth-order valence-corrected chi connectivity index (χ4v) is 4.46. The molecule has 0 radical (unpaired) electrons. The number of piperidine rings is 1. The second-order valence-electron chi connectivity index (χ2n) is 8.38. The number of hydrogen-bond acceptors (Lipinski definition) is 2. The molecule has 4 rings (SSSR count). The van der Waals surface area contributed by atoms with E-state index in [1.54, 1.807) is 0 Å². The highest BCUT2D eigenvalue weighted by Crippen LogP contribution is 2.54. The van der Waals surface area contributed by atoms with Gasteiger partial charge in [0.15, 0.2) is 0 Å². The highest BCUT2D eigenvalue weighted by molar-refractivity contribution is 5.34. The van der Waals surface area contributed by atoms with E-state index in [4.69, 9.17) is 0 Å². The van der Waals surface area contributed by atoms with Gasteiger partial charge in [0.25, 0.3) is 0 Å². The monoisotopic (exact) mass is 335 g/mol. The molecule has 2 aromatic carbocycles. The molecule has 1 N–H and O–H groups in total. The van der Waals surface area contributed by atoms with Crippen LogP contribution in [0.25, 0.3) is 0 Å². The van der Waals surface area contributed by atoms with Crippen LogP contribution in [-0.2, 0) is 11.0 Å². The first-order chi connectivity index (χ1) is 12.0. The minimum Gasteiger partial charge on any atom is -0.385 e. The third-order valence-electron chi connectivity index (χ3n) is 6.60. The topological polar surface area (TPSA) is 23.5 Å². The fraction of sp³-hybridized carbons (Fsp3) is 0.478. The Kier molecular flexibility index (Phi) is 4.21. The van der Waals surface area contributed by atoms with Gasteiger partial charge in [-0.25, -0.2) is 0 Å². The van der Waals surface area contributed by atoms with E-state index in [1.807, 2.05) is 18.2 Å². The molecule has 1 aliphatic heterocycles. The maximum absolute atomic E-state index is 11.0. The molecule has 1 saturated heterocycles. The highest BCUT2D eigenvalue weighted by Gasteiger charge is 2.51. The fourth-order valence-electron chi connectivity index (χ4n) is 4.46. The molecule has 132 valence electrons. The van der Waals surface area contributed by atoms with Crippen molar-refractivity contribution >= 4 is 0 Å². The van der Waals surface area contributed by atoms with Gasteiger partial charge in [0.2, 0.25) is 0 Å². The van der Waals surface area contributed by atoms with E-state index in [1.165, 1.54) is 17.5 Å². The minimum absolute atomic E-state index is 0.348. The highest BCUT2D eigenvalue weighted by atomic mass is 16.3. The van der Waals surface area contributed by atoms with Crippen LogP contribution in [0.4, 0.5) is 0 Å². The first kappa shape index (κ1) is 16.8. The Labute approximate surface area is 151 Å². The van der Waals surface area contributed by atoms with Gasteiger partial charge in [0, 0.05) is 19.6 Å². The lowest BCUT2D eigenvalue weighted by Gasteiger charge is -2.39. The van der Waals surface area contributed by atoms with Crippen LogP contribution in [0.15, 0.2) is 54.6 Å². The first-order valence-electron chi connectivity index (χ1n) is 9.57. The molecule has 2 heteroatoms. The molecule has 2 aliphatic rings. The maximum Gasteiger partial charge on any atom is 0.0920 e. The molecule has 0 aromatic heterocycles. The summed E-state index contributed by atoms with van der Waals surface area (Å²) in [6.45, 7) is 7.71. The smallest absolute Gasteiger partial charge is 0.0920 e. The van der Waals surface area contributed by atoms with Crippen LogP contribution in [-0.4, -0.2) is 29.6 Å². The Morgan fingerprint density at radius 3 is 2.24 bits per heavy atom. The Balaban J connectivity index is 1.35. The number of aliphatic hydroxyl groups is 1. The molecular formula is C23H29NO. The van der Waals surface area contributed by atoms with E-state index >= 15 is 0 Å². The van der Waals surface area contributed by atoms with Gasteiger partial charge < -0.3 is 10.0 Å². The van der Waals surface area contributed by atoms with Crippen molar-refractivity contribution in [3.63, 3.8) is 0 Å². The van der Waals surface area contributed by atoms with Crippen molar-refractivity contribution in [2.45, 2.75) is 44.1 Å². The van der Waals surface area contributed by atoms with Crippen molar-refractivity contribution in [2.75, 3.05) is 19.6 Å². The lowest BCUT2D eigenvalue weighted by atomic mass is 9.84. The van der Waals surface area contributed by atoms with Gasteiger partial charge in [0.05, 0.1) is 5.60 Å². The zero-order chi connectivity index (χ0) is 17.5. The quantitative estimate of drug-likeness (QED) is 0.902. The van der Waals surface area contributed by atoms with Gasteiger partial charge in [-0.1, -0.05) is 67.1 Å². The average Bonchev–Trinajstić information content (AvgIpc) is 3.29. The van der Waals surface area contributed by atoms with Gasteiger partial charge in [-0.05, 0) is 48.6 Å². The first-order valence-corrected chi connectivity index (χ1v) is 9.57. The molecule has 25 heavy (non-hydrogen) atoms. The van der Waals surface area contributed by atoms with Crippen molar-refractivity contribution in [1.82, 2.24) is 4.90 Å². The minimum atomic E-state index is -0.637. The molecule has 2 nitrogen and oxygen atoms in total. The summed E-state index contributed by atoms with van der Waals surface area (Å²) < 4.78 is 0. The van der Waals surface area contributed by atoms with Crippen molar-refractivity contribution in [1.29, 1.82) is 0 Å². The molecule has 0 spiro atoms. The van der Waals surface area contributed by atoms with Gasteiger partial charge in [0.1, 0.15) is 0 Å². The maximum atomic E-state index is 11.0. The lowest BCUT2D eigenvalue weighted by molar-refractivity contribution is -0.0270. The van der Waals surface area contributed by atoms with Gasteiger partial charge in [-0.15, -0.1) is 0 Å². The summed E-state index contributed by atoms with van der Waals surface area (Å²) in [7, 11) is 0. The molecule has 2 aromatic rings. The summed E-state index contributed by atoms with van der Waals surface area (Å²) in [5.41, 5.74) is 3.61. The molecule has 1 saturated carbocycles. The molecule has 0 unspecified atom stereocenters. The summed E-state index contributed by atoms with van der Waals surface area (Å²) in [6, 6.07) is 19.3. The van der Waals surface area contributed by atoms with E-state index in [9.17, 15) is 5.11 Å². The average molecular weight is 335 g/mol. The van der Waals surface area contributed by atoms with Crippen molar-refractivity contribution in [3.05, 3.63) is 71.3 Å². The molecule has 2 atom stereocenters. The third kappa shape index (κ3) is 3.26. The number of benzene rings is 2. The van der Waals surface area contributed by atoms with Crippen LogP contribution < -0.4 is 0 Å². The molecule has 0 bridgehead atoms. The Hall–Kier alpha value is -1.64. The normalized spacial score (nSPS) is 28.7. The van der Waals surface area contributed by atoms with Crippen LogP contribution in [0.1, 0.15) is 42.9 Å². The molecule has 2 fully saturated rings. The molecular weight excluding hydrogens is 306 g/mol. The molecule has 0 amide bonds. The largest absolute Gasteiger partial charge is 0.385 e. The van der Waals surface area contributed by atoms with Crippen molar-refractivity contribution in [2.24, 2.45) is 5.92 Å². The van der Waals surface area contributed by atoms with E-state index in [2.05, 4.69) is 55.1 Å². The van der Waals surface area contributed by atoms with Gasteiger partial charge in [-0.2, -0.15) is 0 Å². The zero-order valence-corrected chi connectivity index (χ0v) is 15.4. The number of likely N-dealkylation sites (tertiary alicyclic amines) is 1. The van der Waals surface area contributed by atoms with Crippen molar-refractivity contribution in [3.8, 4) is 0 Å². The predicted octanol–water partition coefficient (Wildman–Crippen LogP) is 4.26. The van der Waals surface area contributed by atoms with Gasteiger partial charge in [-0.3, -0.25) is 0 Å². The molecule has 1 heterocycles. The van der Waals surface area contributed by atoms with Crippen molar-refractivity contribution < 1.29 is 5.11 Å². The number of hydrogen-bond donors (Lipinski definition) is 1. The summed E-state index contributed by atoms with van der Waals surface area (Å²) in [6.07, 6.45) is 2.96. The Bertz CT molecular complexity index is 716. The van der Waals surface area contributed by atoms with Gasteiger partial charge >= 0.3 is 0 Å². The van der Waals surface area contributed by atoms with Crippen LogP contribution in [0.2, 0.25) is 0 Å². The number of nitrogens with zero attached hydrogens (tertiary/aromatic N) is 1. The van der Waals surface area contributed by atoms with E-state index in [-0.39, 0.29) is 0 Å². The number of aryl methyl sites for hydroxylation is 1. The summed E-state index contributed by atoms with van der Waals surface area (Å²) in [4.78, 5) is 2.56. The lowest BCUT2D eigenvalue weighted by Crippen LogP contribution is -2.43. The second kappa shape index (κ2) is 6.26. The third-order valence-corrected chi connectivity index (χ3v) is 6.60. The van der Waals surface area contributed by atoms with E-state index < -0.39 is 5.60 Å². The van der Waals surface area contributed by atoms with Crippen LogP contribution in [0, 0.1) is 12.8 Å². The van der Waals surface area contributed by atoms with E-state index in [0.717, 1.165) is 44.0 Å². The summed E-state index contributed by atoms with van der Waals surface area (Å²) in [5, 5.41) is 11.0. The van der Waals surface area contributed by atoms with E-state index in [0.29, 0.717) is 5.41 Å². The number of rotatable bonds is 4. The summed E-state index contributed by atoms with van der Waals surface area (Å²) >= 11 is 0. The predicted molar refractivity (Wildman–Crippen MR) is 103 cm³/mol. The zero-order valence-electron chi connectivity index (χ0n) is 15.4. The summed E-state index contributed by atoms with van der Waals surface area (Å²) in [5.74, 6) is 0.748. The second-order valence-corrected chi connectivity index (χ2v) is 8.38. The Morgan fingerprint density at radius 1 is 0.960 bits per heavy atom. The van der Waals surface area contributed by atoms with Crippen LogP contribution in [0.5, 0.6) is 0 Å². The standard InChI is InChI=1S/C23H29NO/c1-18-8-10-19(11-9-18)22(2)16-21(22)17-24-14-12-23(25,13-15-24)20-6-4-3-5-7-20/h3-11,21,25H,12-17H2,1-2H3/t21-,22-/m0/s1. The van der Waals surface area contributed by atoms with Crippen LogP contribution in [0.3, 0.4) is 0 Å². The SMILES string of the molecule is Cc1ccc([C@]2(C)C[C@H]2CN2CCC(O)(c3ccccc3)CC2)cc1.